The number of carbonyl (C=O) groups excluding carboxylic acids is 1. The number of rotatable bonds is 5. The normalized spacial score (nSPS) is 10.0. The van der Waals surface area contributed by atoms with Crippen molar-refractivity contribution in [2.45, 2.75) is 26.7 Å². The van der Waals surface area contributed by atoms with Crippen molar-refractivity contribution in [1.29, 1.82) is 0 Å². The van der Waals surface area contributed by atoms with Gasteiger partial charge >= 0.3 is 0 Å². The van der Waals surface area contributed by atoms with Gasteiger partial charge in [0.25, 0.3) is 5.91 Å². The van der Waals surface area contributed by atoms with E-state index in [4.69, 9.17) is 0 Å². The number of benzene rings is 1. The first kappa shape index (κ1) is 11.8. The molecule has 0 heterocycles. The first-order valence-corrected chi connectivity index (χ1v) is 5.64. The summed E-state index contributed by atoms with van der Waals surface area (Å²) in [5.74, 6) is 0.152. The molecule has 0 spiro atoms. The van der Waals surface area contributed by atoms with E-state index in [1.807, 2.05) is 35.2 Å². The van der Waals surface area contributed by atoms with Gasteiger partial charge in [0, 0.05) is 18.7 Å². The van der Waals surface area contributed by atoms with Gasteiger partial charge in [0.05, 0.1) is 0 Å². The number of carbonyl (C=O) groups is 1. The minimum absolute atomic E-state index is 0.152. The molecule has 0 fully saturated rings. The van der Waals surface area contributed by atoms with Crippen molar-refractivity contribution in [2.24, 2.45) is 0 Å². The number of hydrogen-bond acceptors (Lipinski definition) is 1. The lowest BCUT2D eigenvalue weighted by Gasteiger charge is -2.21. The summed E-state index contributed by atoms with van der Waals surface area (Å²) in [6.45, 7) is 5.89. The largest absolute Gasteiger partial charge is 0.339 e. The van der Waals surface area contributed by atoms with Crippen molar-refractivity contribution in [3.63, 3.8) is 0 Å². The highest BCUT2D eigenvalue weighted by atomic mass is 16.2. The van der Waals surface area contributed by atoms with Crippen LogP contribution in [-0.4, -0.2) is 23.9 Å². The maximum Gasteiger partial charge on any atom is 0.253 e. The fraction of sp³-hybridized carbons (Fsp3) is 0.462. The molecular formula is C13H19NO. The van der Waals surface area contributed by atoms with Crippen LogP contribution in [0.3, 0.4) is 0 Å². The standard InChI is InChI=1S/C13H19NO/c1-3-10-14(11-4-2)13(15)12-8-6-5-7-9-12/h5-9H,3-4,10-11H2,1-2H3. The Morgan fingerprint density at radius 3 is 2.07 bits per heavy atom. The van der Waals surface area contributed by atoms with Crippen LogP contribution >= 0.6 is 0 Å². The highest BCUT2D eigenvalue weighted by Gasteiger charge is 2.12. The van der Waals surface area contributed by atoms with Gasteiger partial charge < -0.3 is 4.90 Å². The van der Waals surface area contributed by atoms with E-state index in [0.717, 1.165) is 31.5 Å². The molecule has 2 heteroatoms. The van der Waals surface area contributed by atoms with Crippen LogP contribution in [0.1, 0.15) is 37.0 Å². The molecule has 82 valence electrons. The van der Waals surface area contributed by atoms with Crippen LogP contribution in [0.25, 0.3) is 0 Å². The Bertz CT molecular complexity index is 289. The van der Waals surface area contributed by atoms with Gasteiger partial charge in [-0.25, -0.2) is 0 Å². The van der Waals surface area contributed by atoms with E-state index in [1.54, 1.807) is 0 Å². The molecule has 15 heavy (non-hydrogen) atoms. The van der Waals surface area contributed by atoms with E-state index in [1.165, 1.54) is 0 Å². The molecule has 0 atom stereocenters. The Morgan fingerprint density at radius 2 is 1.60 bits per heavy atom. The van der Waals surface area contributed by atoms with Gasteiger partial charge in [-0.15, -0.1) is 0 Å². The van der Waals surface area contributed by atoms with Crippen LogP contribution in [0.15, 0.2) is 30.3 Å². The average Bonchev–Trinajstić information content (AvgIpc) is 2.29. The quantitative estimate of drug-likeness (QED) is 0.723. The summed E-state index contributed by atoms with van der Waals surface area (Å²) in [7, 11) is 0. The Kier molecular flexibility index (Phi) is 4.88. The molecule has 1 rings (SSSR count). The van der Waals surface area contributed by atoms with Crippen molar-refractivity contribution in [3.05, 3.63) is 35.9 Å². The molecule has 0 saturated carbocycles. The molecule has 0 saturated heterocycles. The van der Waals surface area contributed by atoms with E-state index < -0.39 is 0 Å². The topological polar surface area (TPSA) is 20.3 Å². The summed E-state index contributed by atoms with van der Waals surface area (Å²) < 4.78 is 0. The lowest BCUT2D eigenvalue weighted by atomic mass is 10.2. The van der Waals surface area contributed by atoms with Gasteiger partial charge in [-0.2, -0.15) is 0 Å². The highest BCUT2D eigenvalue weighted by Crippen LogP contribution is 2.05. The van der Waals surface area contributed by atoms with E-state index in [9.17, 15) is 4.79 Å². The lowest BCUT2D eigenvalue weighted by molar-refractivity contribution is 0.0755. The van der Waals surface area contributed by atoms with Crippen LogP contribution in [0.2, 0.25) is 0 Å². The highest BCUT2D eigenvalue weighted by molar-refractivity contribution is 5.94. The predicted molar refractivity (Wildman–Crippen MR) is 62.9 cm³/mol. The zero-order valence-electron chi connectivity index (χ0n) is 9.57. The van der Waals surface area contributed by atoms with E-state index in [2.05, 4.69) is 13.8 Å². The van der Waals surface area contributed by atoms with Crippen LogP contribution in [0, 0.1) is 0 Å². The molecular weight excluding hydrogens is 186 g/mol. The summed E-state index contributed by atoms with van der Waals surface area (Å²) in [6.07, 6.45) is 2.02. The zero-order valence-corrected chi connectivity index (χ0v) is 9.57. The van der Waals surface area contributed by atoms with Crippen LogP contribution < -0.4 is 0 Å². The molecule has 2 nitrogen and oxygen atoms in total. The zero-order chi connectivity index (χ0) is 11.1. The van der Waals surface area contributed by atoms with Crippen molar-refractivity contribution >= 4 is 5.91 Å². The third-order valence-corrected chi connectivity index (χ3v) is 2.30. The average molecular weight is 205 g/mol. The van der Waals surface area contributed by atoms with E-state index >= 15 is 0 Å². The van der Waals surface area contributed by atoms with Crippen molar-refractivity contribution < 1.29 is 4.79 Å². The van der Waals surface area contributed by atoms with Crippen LogP contribution in [0.4, 0.5) is 0 Å². The molecule has 0 aromatic heterocycles. The van der Waals surface area contributed by atoms with Gasteiger partial charge in [0.2, 0.25) is 0 Å². The summed E-state index contributed by atoms with van der Waals surface area (Å²) in [4.78, 5) is 14.0. The fourth-order valence-electron chi connectivity index (χ4n) is 1.62. The van der Waals surface area contributed by atoms with Gasteiger partial charge in [0.1, 0.15) is 0 Å². The molecule has 0 unspecified atom stereocenters. The molecule has 0 aliphatic rings. The first-order valence-electron chi connectivity index (χ1n) is 5.64. The third-order valence-electron chi connectivity index (χ3n) is 2.30. The number of amides is 1. The van der Waals surface area contributed by atoms with E-state index in [0.29, 0.717) is 0 Å². The Hall–Kier alpha value is -1.31. The SMILES string of the molecule is CCCN(CCC)C(=O)c1ccccc1. The Balaban J connectivity index is 2.71. The summed E-state index contributed by atoms with van der Waals surface area (Å²) in [6, 6.07) is 9.49. The van der Waals surface area contributed by atoms with Crippen molar-refractivity contribution in [1.82, 2.24) is 4.90 Å². The second kappa shape index (κ2) is 6.23. The lowest BCUT2D eigenvalue weighted by Crippen LogP contribution is -2.32. The molecule has 0 bridgehead atoms. The molecule has 0 aliphatic carbocycles. The van der Waals surface area contributed by atoms with E-state index in [-0.39, 0.29) is 5.91 Å². The Morgan fingerprint density at radius 1 is 1.07 bits per heavy atom. The van der Waals surface area contributed by atoms with Gasteiger partial charge in [-0.3, -0.25) is 4.79 Å². The predicted octanol–water partition coefficient (Wildman–Crippen LogP) is 2.95. The number of hydrogen-bond donors (Lipinski definition) is 0. The molecule has 0 radical (unpaired) electrons. The van der Waals surface area contributed by atoms with Gasteiger partial charge in [0.15, 0.2) is 0 Å². The second-order valence-electron chi connectivity index (χ2n) is 3.66. The molecule has 0 aliphatic heterocycles. The molecule has 0 N–H and O–H groups in total. The van der Waals surface area contributed by atoms with Gasteiger partial charge in [-0.1, -0.05) is 32.0 Å². The monoisotopic (exact) mass is 205 g/mol. The van der Waals surface area contributed by atoms with Gasteiger partial charge in [-0.05, 0) is 25.0 Å². The third kappa shape index (κ3) is 3.39. The summed E-state index contributed by atoms with van der Waals surface area (Å²) in [5, 5.41) is 0. The molecule has 1 aromatic rings. The minimum atomic E-state index is 0.152. The number of nitrogens with zero attached hydrogens (tertiary/aromatic N) is 1. The Labute approximate surface area is 91.9 Å². The first-order chi connectivity index (χ1) is 7.29. The van der Waals surface area contributed by atoms with Crippen LogP contribution in [-0.2, 0) is 0 Å². The maximum atomic E-state index is 12.1. The van der Waals surface area contributed by atoms with Crippen molar-refractivity contribution in [2.75, 3.05) is 13.1 Å². The molecule has 1 aromatic carbocycles. The minimum Gasteiger partial charge on any atom is -0.339 e. The van der Waals surface area contributed by atoms with Crippen molar-refractivity contribution in [3.8, 4) is 0 Å². The smallest absolute Gasteiger partial charge is 0.253 e. The molecule has 1 amide bonds. The summed E-state index contributed by atoms with van der Waals surface area (Å²) >= 11 is 0. The fourth-order valence-corrected chi connectivity index (χ4v) is 1.62. The second-order valence-corrected chi connectivity index (χ2v) is 3.66. The summed E-state index contributed by atoms with van der Waals surface area (Å²) in [5.41, 5.74) is 0.791. The maximum absolute atomic E-state index is 12.1. The van der Waals surface area contributed by atoms with Crippen LogP contribution in [0.5, 0.6) is 0 Å².